The number of rotatable bonds is 8. The highest BCUT2D eigenvalue weighted by molar-refractivity contribution is 5.93. The van der Waals surface area contributed by atoms with Crippen LogP contribution in [0.4, 0.5) is 5.69 Å². The van der Waals surface area contributed by atoms with E-state index in [4.69, 9.17) is 14.2 Å². The van der Waals surface area contributed by atoms with Crippen LogP contribution in [0.5, 0.6) is 17.2 Å². The van der Waals surface area contributed by atoms with Crippen molar-refractivity contribution in [2.75, 3.05) is 40.2 Å². The van der Waals surface area contributed by atoms with Gasteiger partial charge in [0.05, 0.1) is 33.6 Å². The highest BCUT2D eigenvalue weighted by Gasteiger charge is 2.12. The highest BCUT2D eigenvalue weighted by Crippen LogP contribution is 2.28. The molecule has 6 nitrogen and oxygen atoms in total. The van der Waals surface area contributed by atoms with Gasteiger partial charge < -0.3 is 19.5 Å². The van der Waals surface area contributed by atoms with E-state index in [9.17, 15) is 4.79 Å². The Hall–Kier alpha value is -2.73. The number of nitrogens with one attached hydrogen (secondary N) is 1. The predicted molar refractivity (Wildman–Crippen MR) is 102 cm³/mol. The number of carbonyl (C=O) groups is 1. The van der Waals surface area contributed by atoms with Crippen molar-refractivity contribution < 1.29 is 19.0 Å². The van der Waals surface area contributed by atoms with Crippen molar-refractivity contribution in [3.8, 4) is 17.2 Å². The summed E-state index contributed by atoms with van der Waals surface area (Å²) in [6, 6.07) is 11.4. The molecule has 0 radical (unpaired) electrons. The third-order valence-corrected chi connectivity index (χ3v) is 3.94. The molecule has 0 heterocycles. The lowest BCUT2D eigenvalue weighted by Crippen LogP contribution is -2.30. The molecule has 0 saturated heterocycles. The van der Waals surface area contributed by atoms with Gasteiger partial charge in [0.15, 0.2) is 11.5 Å². The molecule has 0 aliphatic carbocycles. The van der Waals surface area contributed by atoms with Crippen LogP contribution in [0, 0.1) is 6.92 Å². The summed E-state index contributed by atoms with van der Waals surface area (Å²) in [5.41, 5.74) is 2.77. The van der Waals surface area contributed by atoms with E-state index in [2.05, 4.69) is 5.32 Å². The molecule has 26 heavy (non-hydrogen) atoms. The fourth-order valence-corrected chi connectivity index (χ4v) is 2.70. The molecule has 2 aromatic carbocycles. The Kier molecular flexibility index (Phi) is 6.86. The number of aryl methyl sites for hydroxylation is 1. The molecule has 0 aromatic heterocycles. The molecule has 0 atom stereocenters. The monoisotopic (exact) mass is 358 g/mol. The van der Waals surface area contributed by atoms with E-state index < -0.39 is 0 Å². The number of carbonyl (C=O) groups excluding carboxylic acids is 1. The standard InChI is InChI=1S/C20H26N2O4/c1-14-6-8-17(24-3)16(10-14)21-20(23)13-22(2)12-15-7-9-18(25-4)19(11-15)26-5/h6-11H,12-13H2,1-5H3,(H,21,23). The molecule has 1 N–H and O–H groups in total. The van der Waals surface area contributed by atoms with Crippen LogP contribution in [-0.2, 0) is 11.3 Å². The lowest BCUT2D eigenvalue weighted by atomic mass is 10.2. The molecule has 2 aromatic rings. The highest BCUT2D eigenvalue weighted by atomic mass is 16.5. The van der Waals surface area contributed by atoms with Gasteiger partial charge in [0.1, 0.15) is 5.75 Å². The van der Waals surface area contributed by atoms with Gasteiger partial charge in [-0.25, -0.2) is 0 Å². The normalized spacial score (nSPS) is 10.5. The quantitative estimate of drug-likeness (QED) is 0.786. The van der Waals surface area contributed by atoms with Crippen LogP contribution in [0.3, 0.4) is 0 Å². The first-order valence-electron chi connectivity index (χ1n) is 8.30. The summed E-state index contributed by atoms with van der Waals surface area (Å²) in [4.78, 5) is 14.3. The van der Waals surface area contributed by atoms with Crippen LogP contribution < -0.4 is 19.5 Å². The molecular formula is C20H26N2O4. The number of ether oxygens (including phenoxy) is 3. The Labute approximate surface area is 154 Å². The largest absolute Gasteiger partial charge is 0.495 e. The molecule has 0 unspecified atom stereocenters. The minimum atomic E-state index is -0.100. The van der Waals surface area contributed by atoms with Crippen molar-refractivity contribution in [2.45, 2.75) is 13.5 Å². The van der Waals surface area contributed by atoms with Crippen molar-refractivity contribution in [3.05, 3.63) is 47.5 Å². The Morgan fingerprint density at radius 3 is 2.27 bits per heavy atom. The summed E-state index contributed by atoms with van der Waals surface area (Å²) in [5, 5.41) is 2.91. The Morgan fingerprint density at radius 1 is 0.962 bits per heavy atom. The van der Waals surface area contributed by atoms with Gasteiger partial charge in [0, 0.05) is 6.54 Å². The Bertz CT molecular complexity index is 761. The Balaban J connectivity index is 1.98. The average molecular weight is 358 g/mol. The van der Waals surface area contributed by atoms with E-state index in [0.717, 1.165) is 11.1 Å². The van der Waals surface area contributed by atoms with E-state index in [0.29, 0.717) is 29.5 Å². The van der Waals surface area contributed by atoms with E-state index in [1.54, 1.807) is 21.3 Å². The molecule has 140 valence electrons. The summed E-state index contributed by atoms with van der Waals surface area (Å²) < 4.78 is 15.9. The summed E-state index contributed by atoms with van der Waals surface area (Å²) in [6.45, 7) is 2.84. The predicted octanol–water partition coefficient (Wildman–Crippen LogP) is 3.09. The molecule has 0 spiro atoms. The number of likely N-dealkylation sites (N-methyl/N-ethyl adjacent to an activating group) is 1. The zero-order valence-electron chi connectivity index (χ0n) is 16.0. The number of hydrogen-bond donors (Lipinski definition) is 1. The van der Waals surface area contributed by atoms with Gasteiger partial charge in [-0.1, -0.05) is 12.1 Å². The topological polar surface area (TPSA) is 60.0 Å². The fourth-order valence-electron chi connectivity index (χ4n) is 2.70. The number of hydrogen-bond acceptors (Lipinski definition) is 5. The molecule has 0 aliphatic rings. The van der Waals surface area contributed by atoms with Gasteiger partial charge in [-0.3, -0.25) is 9.69 Å². The van der Waals surface area contributed by atoms with Crippen LogP contribution in [0.15, 0.2) is 36.4 Å². The van der Waals surface area contributed by atoms with Gasteiger partial charge in [-0.15, -0.1) is 0 Å². The molecule has 6 heteroatoms. The van der Waals surface area contributed by atoms with Crippen LogP contribution in [0.1, 0.15) is 11.1 Å². The first kappa shape index (κ1) is 19.6. The molecule has 0 bridgehead atoms. The smallest absolute Gasteiger partial charge is 0.238 e. The van der Waals surface area contributed by atoms with E-state index in [1.807, 2.05) is 55.3 Å². The van der Waals surface area contributed by atoms with Gasteiger partial charge in [-0.2, -0.15) is 0 Å². The number of methoxy groups -OCH3 is 3. The SMILES string of the molecule is COc1ccc(C)cc1NC(=O)CN(C)Cc1ccc(OC)c(OC)c1. The minimum Gasteiger partial charge on any atom is -0.495 e. The summed E-state index contributed by atoms with van der Waals surface area (Å²) >= 11 is 0. The van der Waals surface area contributed by atoms with Crippen molar-refractivity contribution >= 4 is 11.6 Å². The molecule has 0 saturated carbocycles. The fraction of sp³-hybridized carbons (Fsp3) is 0.350. The van der Waals surface area contributed by atoms with Gasteiger partial charge >= 0.3 is 0 Å². The van der Waals surface area contributed by atoms with Crippen LogP contribution in [-0.4, -0.2) is 45.7 Å². The number of anilines is 1. The second-order valence-corrected chi connectivity index (χ2v) is 6.11. The van der Waals surface area contributed by atoms with E-state index >= 15 is 0 Å². The maximum atomic E-state index is 12.4. The average Bonchev–Trinajstić information content (AvgIpc) is 2.61. The van der Waals surface area contributed by atoms with E-state index in [-0.39, 0.29) is 12.5 Å². The van der Waals surface area contributed by atoms with Crippen molar-refractivity contribution in [1.29, 1.82) is 0 Å². The van der Waals surface area contributed by atoms with E-state index in [1.165, 1.54) is 0 Å². The summed E-state index contributed by atoms with van der Waals surface area (Å²) in [7, 11) is 6.69. The van der Waals surface area contributed by atoms with Crippen molar-refractivity contribution in [2.24, 2.45) is 0 Å². The van der Waals surface area contributed by atoms with Gasteiger partial charge in [0.2, 0.25) is 5.91 Å². The lowest BCUT2D eigenvalue weighted by Gasteiger charge is -2.18. The molecule has 1 amide bonds. The number of nitrogens with zero attached hydrogens (tertiary/aromatic N) is 1. The Morgan fingerprint density at radius 2 is 1.62 bits per heavy atom. The summed E-state index contributed by atoms with van der Waals surface area (Å²) in [5.74, 6) is 1.90. The van der Waals surface area contributed by atoms with Crippen LogP contribution >= 0.6 is 0 Å². The lowest BCUT2D eigenvalue weighted by molar-refractivity contribution is -0.117. The third-order valence-electron chi connectivity index (χ3n) is 3.94. The molecule has 2 rings (SSSR count). The van der Waals surface area contributed by atoms with Crippen LogP contribution in [0.2, 0.25) is 0 Å². The minimum absolute atomic E-state index is 0.100. The first-order valence-corrected chi connectivity index (χ1v) is 8.30. The zero-order valence-corrected chi connectivity index (χ0v) is 16.0. The number of amides is 1. The van der Waals surface area contributed by atoms with Crippen molar-refractivity contribution in [3.63, 3.8) is 0 Å². The second-order valence-electron chi connectivity index (χ2n) is 6.11. The first-order chi connectivity index (χ1) is 12.5. The maximum absolute atomic E-state index is 12.4. The third kappa shape index (κ3) is 5.13. The molecule has 0 fully saturated rings. The van der Waals surface area contributed by atoms with Crippen LogP contribution in [0.25, 0.3) is 0 Å². The molecular weight excluding hydrogens is 332 g/mol. The summed E-state index contributed by atoms with van der Waals surface area (Å²) in [6.07, 6.45) is 0. The molecule has 0 aliphatic heterocycles. The second kappa shape index (κ2) is 9.10. The number of benzene rings is 2. The van der Waals surface area contributed by atoms with Gasteiger partial charge in [-0.05, 0) is 49.4 Å². The van der Waals surface area contributed by atoms with Gasteiger partial charge in [0.25, 0.3) is 0 Å². The zero-order chi connectivity index (χ0) is 19.1. The van der Waals surface area contributed by atoms with Crippen molar-refractivity contribution in [1.82, 2.24) is 4.90 Å². The maximum Gasteiger partial charge on any atom is 0.238 e.